The van der Waals surface area contributed by atoms with Gasteiger partial charge < -0.3 is 19.0 Å². The molecule has 2 amide bonds. The second kappa shape index (κ2) is 6.67. The van der Waals surface area contributed by atoms with Crippen LogP contribution in [0.15, 0.2) is 47.3 Å². The molecule has 0 spiro atoms. The average molecular weight is 354 g/mol. The van der Waals surface area contributed by atoms with E-state index in [1.165, 1.54) is 12.5 Å². The van der Waals surface area contributed by atoms with Crippen molar-refractivity contribution in [3.05, 3.63) is 59.5 Å². The summed E-state index contributed by atoms with van der Waals surface area (Å²) < 4.78 is 10.3. The molecule has 0 radical (unpaired) electrons. The highest BCUT2D eigenvalue weighted by Gasteiger charge is 2.35. The first-order valence-corrected chi connectivity index (χ1v) is 8.52. The van der Waals surface area contributed by atoms with Crippen LogP contribution < -0.4 is 0 Å². The monoisotopic (exact) mass is 354 g/mol. The quantitative estimate of drug-likeness (QED) is 0.761. The van der Waals surface area contributed by atoms with Crippen molar-refractivity contribution in [1.82, 2.24) is 9.80 Å². The third-order valence-corrected chi connectivity index (χ3v) is 4.81. The molecule has 1 aromatic carbocycles. The van der Waals surface area contributed by atoms with Crippen LogP contribution in [0.25, 0.3) is 0 Å². The summed E-state index contributed by atoms with van der Waals surface area (Å²) in [5.41, 5.74) is 1.85. The van der Waals surface area contributed by atoms with E-state index in [1.807, 2.05) is 12.1 Å². The first kappa shape index (κ1) is 16.4. The Labute approximate surface area is 150 Å². The molecule has 0 saturated carbocycles. The van der Waals surface area contributed by atoms with E-state index in [1.54, 1.807) is 28.0 Å². The summed E-state index contributed by atoms with van der Waals surface area (Å²) in [5.74, 6) is -0.772. The SMILES string of the molecule is O=C1OC(C(=O)N2CCN(C(=O)c3ccoc3)CC2)Cc2ccccc21. The van der Waals surface area contributed by atoms with Crippen LogP contribution in [0.5, 0.6) is 0 Å². The Hall–Kier alpha value is -3.09. The molecule has 134 valence electrons. The number of carbonyl (C=O) groups is 3. The fourth-order valence-corrected chi connectivity index (χ4v) is 3.37. The number of cyclic esters (lactones) is 1. The number of nitrogens with zero attached hydrogens (tertiary/aromatic N) is 2. The molecule has 26 heavy (non-hydrogen) atoms. The standard InChI is InChI=1S/C19H18N2O5/c22-17(14-5-10-25-12-14)20-6-8-21(9-7-20)18(23)16-11-13-3-1-2-4-15(13)19(24)26-16/h1-5,10,12,16H,6-9,11H2. The molecule has 2 aliphatic heterocycles. The van der Waals surface area contributed by atoms with Crippen molar-refractivity contribution in [2.45, 2.75) is 12.5 Å². The van der Waals surface area contributed by atoms with Gasteiger partial charge in [0.15, 0.2) is 6.10 Å². The molecule has 1 fully saturated rings. The molecule has 2 aromatic rings. The van der Waals surface area contributed by atoms with E-state index in [0.717, 1.165) is 5.56 Å². The largest absolute Gasteiger partial charge is 0.472 e. The normalized spacial score (nSPS) is 19.7. The molecule has 3 heterocycles. The van der Waals surface area contributed by atoms with Crippen LogP contribution in [0.4, 0.5) is 0 Å². The van der Waals surface area contributed by atoms with Crippen LogP contribution in [-0.4, -0.2) is 59.9 Å². The maximum atomic E-state index is 12.7. The van der Waals surface area contributed by atoms with E-state index < -0.39 is 12.1 Å². The number of furan rings is 1. The third kappa shape index (κ3) is 2.96. The highest BCUT2D eigenvalue weighted by atomic mass is 16.5. The van der Waals surface area contributed by atoms with Crippen molar-refractivity contribution >= 4 is 17.8 Å². The molecule has 7 heteroatoms. The molecule has 0 aliphatic carbocycles. The molecule has 1 atom stereocenters. The summed E-state index contributed by atoms with van der Waals surface area (Å²) in [6.45, 7) is 1.70. The van der Waals surface area contributed by atoms with E-state index in [0.29, 0.717) is 43.7 Å². The van der Waals surface area contributed by atoms with Crippen molar-refractivity contribution in [2.75, 3.05) is 26.2 Å². The molecule has 0 N–H and O–H groups in total. The van der Waals surface area contributed by atoms with Crippen LogP contribution in [0.1, 0.15) is 26.3 Å². The van der Waals surface area contributed by atoms with Gasteiger partial charge in [-0.05, 0) is 17.7 Å². The lowest BCUT2D eigenvalue weighted by atomic mass is 9.98. The minimum Gasteiger partial charge on any atom is -0.472 e. The molecular formula is C19H18N2O5. The summed E-state index contributed by atoms with van der Waals surface area (Å²) in [4.78, 5) is 40.5. The van der Waals surface area contributed by atoms with Crippen molar-refractivity contribution < 1.29 is 23.5 Å². The smallest absolute Gasteiger partial charge is 0.339 e. The maximum absolute atomic E-state index is 12.7. The van der Waals surface area contributed by atoms with Gasteiger partial charge in [-0.25, -0.2) is 4.79 Å². The Balaban J connectivity index is 1.38. The van der Waals surface area contributed by atoms with Gasteiger partial charge >= 0.3 is 5.97 Å². The van der Waals surface area contributed by atoms with Gasteiger partial charge in [0.25, 0.3) is 11.8 Å². The number of hydrogen-bond acceptors (Lipinski definition) is 5. The number of carbonyl (C=O) groups excluding carboxylic acids is 3. The van der Waals surface area contributed by atoms with Crippen LogP contribution in [0.3, 0.4) is 0 Å². The number of fused-ring (bicyclic) bond motifs is 1. The van der Waals surface area contributed by atoms with Gasteiger partial charge in [0.1, 0.15) is 6.26 Å². The lowest BCUT2D eigenvalue weighted by molar-refractivity contribution is -0.142. The first-order chi connectivity index (χ1) is 12.6. The van der Waals surface area contributed by atoms with Gasteiger partial charge in [-0.3, -0.25) is 9.59 Å². The summed E-state index contributed by atoms with van der Waals surface area (Å²) in [6, 6.07) is 8.80. The first-order valence-electron chi connectivity index (χ1n) is 8.52. The fraction of sp³-hybridized carbons (Fsp3) is 0.316. The number of piperazine rings is 1. The lowest BCUT2D eigenvalue weighted by Crippen LogP contribution is -2.54. The zero-order valence-electron chi connectivity index (χ0n) is 14.1. The van der Waals surface area contributed by atoms with Crippen molar-refractivity contribution in [1.29, 1.82) is 0 Å². The predicted octanol–water partition coefficient (Wildman–Crippen LogP) is 1.35. The zero-order chi connectivity index (χ0) is 18.1. The van der Waals surface area contributed by atoms with Crippen molar-refractivity contribution in [3.8, 4) is 0 Å². The van der Waals surface area contributed by atoms with Crippen LogP contribution in [0, 0.1) is 0 Å². The number of amides is 2. The maximum Gasteiger partial charge on any atom is 0.339 e. The summed E-state index contributed by atoms with van der Waals surface area (Å²) in [6.07, 6.45) is 2.46. The van der Waals surface area contributed by atoms with E-state index in [-0.39, 0.29) is 11.8 Å². The molecule has 1 saturated heterocycles. The van der Waals surface area contributed by atoms with E-state index >= 15 is 0 Å². The molecular weight excluding hydrogens is 336 g/mol. The molecule has 7 nitrogen and oxygen atoms in total. The van der Waals surface area contributed by atoms with Crippen LogP contribution in [0.2, 0.25) is 0 Å². The molecule has 2 aliphatic rings. The predicted molar refractivity (Wildman–Crippen MR) is 90.5 cm³/mol. The average Bonchev–Trinajstić information content (AvgIpc) is 3.22. The van der Waals surface area contributed by atoms with Gasteiger partial charge in [-0.1, -0.05) is 18.2 Å². The number of ether oxygens (including phenoxy) is 1. The summed E-state index contributed by atoms with van der Waals surface area (Å²) in [7, 11) is 0. The van der Waals surface area contributed by atoms with Gasteiger partial charge in [-0.15, -0.1) is 0 Å². The highest BCUT2D eigenvalue weighted by molar-refractivity contribution is 5.96. The van der Waals surface area contributed by atoms with Crippen LogP contribution in [-0.2, 0) is 16.0 Å². The minimum absolute atomic E-state index is 0.108. The Morgan fingerprint density at radius 3 is 2.46 bits per heavy atom. The second-order valence-electron chi connectivity index (χ2n) is 6.38. The van der Waals surface area contributed by atoms with Gasteiger partial charge in [0.2, 0.25) is 0 Å². The Bertz CT molecular complexity index is 837. The fourth-order valence-electron chi connectivity index (χ4n) is 3.37. The topological polar surface area (TPSA) is 80.1 Å². The Morgan fingerprint density at radius 2 is 1.73 bits per heavy atom. The second-order valence-corrected chi connectivity index (χ2v) is 6.38. The number of benzene rings is 1. The minimum atomic E-state index is -0.798. The zero-order valence-corrected chi connectivity index (χ0v) is 14.1. The number of rotatable bonds is 2. The third-order valence-electron chi connectivity index (χ3n) is 4.81. The molecule has 1 unspecified atom stereocenters. The summed E-state index contributed by atoms with van der Waals surface area (Å²) in [5, 5.41) is 0. The number of hydrogen-bond donors (Lipinski definition) is 0. The van der Waals surface area contributed by atoms with E-state index in [4.69, 9.17) is 9.15 Å². The molecule has 1 aromatic heterocycles. The van der Waals surface area contributed by atoms with Crippen LogP contribution >= 0.6 is 0 Å². The van der Waals surface area contributed by atoms with E-state index in [9.17, 15) is 14.4 Å². The Morgan fingerprint density at radius 1 is 1.00 bits per heavy atom. The van der Waals surface area contributed by atoms with Crippen molar-refractivity contribution in [2.24, 2.45) is 0 Å². The Kier molecular flexibility index (Phi) is 4.20. The highest BCUT2D eigenvalue weighted by Crippen LogP contribution is 2.22. The van der Waals surface area contributed by atoms with E-state index in [2.05, 4.69) is 0 Å². The summed E-state index contributed by atoms with van der Waals surface area (Å²) >= 11 is 0. The molecule has 0 bridgehead atoms. The van der Waals surface area contributed by atoms with Gasteiger partial charge in [-0.2, -0.15) is 0 Å². The van der Waals surface area contributed by atoms with Gasteiger partial charge in [0, 0.05) is 32.6 Å². The van der Waals surface area contributed by atoms with Crippen molar-refractivity contribution in [3.63, 3.8) is 0 Å². The van der Waals surface area contributed by atoms with Gasteiger partial charge in [0.05, 0.1) is 17.4 Å². The number of esters is 1. The lowest BCUT2D eigenvalue weighted by Gasteiger charge is -2.36. The molecule has 4 rings (SSSR count).